The molecule has 2 rings (SSSR count). The molecule has 1 saturated heterocycles. The Kier molecular flexibility index (Phi) is 3.27. The van der Waals surface area contributed by atoms with Gasteiger partial charge in [-0.3, -0.25) is 0 Å². The molecule has 0 aromatic carbocycles. The summed E-state index contributed by atoms with van der Waals surface area (Å²) in [5.41, 5.74) is 5.67. The summed E-state index contributed by atoms with van der Waals surface area (Å²) in [5, 5.41) is 3.98. The van der Waals surface area contributed by atoms with Crippen molar-refractivity contribution in [2.45, 2.75) is 17.6 Å². The Labute approximate surface area is 92.8 Å². The highest BCUT2D eigenvalue weighted by atomic mass is 32.2. The van der Waals surface area contributed by atoms with Gasteiger partial charge in [0.05, 0.1) is 12.6 Å². The molecular weight excluding hydrogens is 212 g/mol. The Morgan fingerprint density at radius 3 is 3.13 bits per heavy atom. The van der Waals surface area contributed by atoms with Crippen molar-refractivity contribution < 1.29 is 4.74 Å². The van der Waals surface area contributed by atoms with Gasteiger partial charge in [0, 0.05) is 12.7 Å². The summed E-state index contributed by atoms with van der Waals surface area (Å²) in [6.45, 7) is 1.55. The van der Waals surface area contributed by atoms with Gasteiger partial charge in [-0.05, 0) is 12.7 Å². The fourth-order valence-electron chi connectivity index (χ4n) is 1.47. The fraction of sp³-hybridized carbons (Fsp3) is 0.556. The summed E-state index contributed by atoms with van der Waals surface area (Å²) in [6, 6.07) is 2.09. The molecule has 1 aliphatic heterocycles. The molecule has 0 bridgehead atoms. The zero-order valence-corrected chi connectivity index (χ0v) is 9.38. The van der Waals surface area contributed by atoms with Crippen molar-refractivity contribution in [3.05, 3.63) is 6.07 Å². The van der Waals surface area contributed by atoms with E-state index in [-0.39, 0.29) is 0 Å². The largest absolute Gasteiger partial charge is 0.383 e. The SMILES string of the molecule is CSc1nc(N)cc(NC2CCOC2)n1. The van der Waals surface area contributed by atoms with Crippen LogP contribution in [0.5, 0.6) is 0 Å². The number of nitrogen functional groups attached to an aromatic ring is 1. The first kappa shape index (κ1) is 10.5. The molecule has 5 nitrogen and oxygen atoms in total. The molecular formula is C9H14N4OS. The first-order chi connectivity index (χ1) is 7.28. The Bertz CT molecular complexity index is 341. The number of aromatic nitrogens is 2. The van der Waals surface area contributed by atoms with E-state index in [0.717, 1.165) is 25.5 Å². The third kappa shape index (κ3) is 2.73. The van der Waals surface area contributed by atoms with E-state index in [4.69, 9.17) is 10.5 Å². The summed E-state index contributed by atoms with van der Waals surface area (Å²) in [5.74, 6) is 1.28. The molecule has 1 unspecified atom stereocenters. The average molecular weight is 226 g/mol. The number of hydrogen-bond acceptors (Lipinski definition) is 6. The van der Waals surface area contributed by atoms with E-state index in [2.05, 4.69) is 15.3 Å². The summed E-state index contributed by atoms with van der Waals surface area (Å²) in [6.07, 6.45) is 2.94. The molecule has 0 amide bonds. The van der Waals surface area contributed by atoms with Crippen molar-refractivity contribution >= 4 is 23.4 Å². The molecule has 2 heterocycles. The molecule has 82 valence electrons. The lowest BCUT2D eigenvalue weighted by atomic mass is 10.2. The summed E-state index contributed by atoms with van der Waals surface area (Å²) in [4.78, 5) is 8.41. The maximum atomic E-state index is 5.67. The van der Waals surface area contributed by atoms with E-state index < -0.39 is 0 Å². The number of ether oxygens (including phenoxy) is 1. The number of nitrogens with two attached hydrogens (primary N) is 1. The molecule has 6 heteroatoms. The van der Waals surface area contributed by atoms with Crippen LogP contribution in [0.2, 0.25) is 0 Å². The Morgan fingerprint density at radius 1 is 1.60 bits per heavy atom. The van der Waals surface area contributed by atoms with Gasteiger partial charge in [0.25, 0.3) is 0 Å². The van der Waals surface area contributed by atoms with Crippen molar-refractivity contribution in [2.24, 2.45) is 0 Å². The van der Waals surface area contributed by atoms with Crippen LogP contribution in [-0.2, 0) is 4.74 Å². The fourth-order valence-corrected chi connectivity index (χ4v) is 1.85. The Hall–Kier alpha value is -1.01. The first-order valence-electron chi connectivity index (χ1n) is 4.81. The monoisotopic (exact) mass is 226 g/mol. The van der Waals surface area contributed by atoms with E-state index in [1.807, 2.05) is 6.26 Å². The van der Waals surface area contributed by atoms with Crippen LogP contribution in [0.3, 0.4) is 0 Å². The van der Waals surface area contributed by atoms with Gasteiger partial charge in [-0.1, -0.05) is 11.8 Å². The van der Waals surface area contributed by atoms with E-state index in [0.29, 0.717) is 17.0 Å². The number of anilines is 2. The van der Waals surface area contributed by atoms with Crippen LogP contribution in [0.15, 0.2) is 11.2 Å². The van der Waals surface area contributed by atoms with Gasteiger partial charge < -0.3 is 15.8 Å². The zero-order valence-electron chi connectivity index (χ0n) is 8.56. The zero-order chi connectivity index (χ0) is 10.7. The summed E-state index contributed by atoms with van der Waals surface area (Å²) in [7, 11) is 0. The molecule has 0 aliphatic carbocycles. The summed E-state index contributed by atoms with van der Waals surface area (Å²) < 4.78 is 5.27. The maximum absolute atomic E-state index is 5.67. The van der Waals surface area contributed by atoms with Gasteiger partial charge in [-0.25, -0.2) is 9.97 Å². The predicted molar refractivity (Wildman–Crippen MR) is 61.1 cm³/mol. The van der Waals surface area contributed by atoms with Gasteiger partial charge >= 0.3 is 0 Å². The van der Waals surface area contributed by atoms with Crippen molar-refractivity contribution in [3.63, 3.8) is 0 Å². The molecule has 1 aromatic heterocycles. The highest BCUT2D eigenvalue weighted by Gasteiger charge is 2.16. The third-order valence-electron chi connectivity index (χ3n) is 2.19. The van der Waals surface area contributed by atoms with Crippen LogP contribution >= 0.6 is 11.8 Å². The molecule has 1 atom stereocenters. The lowest BCUT2D eigenvalue weighted by Crippen LogP contribution is -2.20. The van der Waals surface area contributed by atoms with Crippen LogP contribution in [0.1, 0.15) is 6.42 Å². The quantitative estimate of drug-likeness (QED) is 0.591. The van der Waals surface area contributed by atoms with Crippen molar-refractivity contribution in [3.8, 4) is 0 Å². The molecule has 0 saturated carbocycles. The normalized spacial score (nSPS) is 20.5. The second-order valence-corrected chi connectivity index (χ2v) is 4.14. The highest BCUT2D eigenvalue weighted by molar-refractivity contribution is 7.98. The van der Waals surface area contributed by atoms with E-state index in [1.165, 1.54) is 11.8 Å². The number of hydrogen-bond donors (Lipinski definition) is 2. The lowest BCUT2D eigenvalue weighted by molar-refractivity contribution is 0.195. The van der Waals surface area contributed by atoms with Gasteiger partial charge in [-0.2, -0.15) is 0 Å². The Balaban J connectivity index is 2.09. The average Bonchev–Trinajstić information content (AvgIpc) is 2.69. The standard InChI is InChI=1S/C9H14N4OS/c1-15-9-12-7(10)4-8(13-9)11-6-2-3-14-5-6/h4,6H,2-3,5H2,1H3,(H3,10,11,12,13). The van der Waals surface area contributed by atoms with Crippen molar-refractivity contribution in [1.29, 1.82) is 0 Å². The van der Waals surface area contributed by atoms with Crippen LogP contribution in [0.4, 0.5) is 11.6 Å². The van der Waals surface area contributed by atoms with Gasteiger partial charge in [-0.15, -0.1) is 0 Å². The minimum absolute atomic E-state index is 0.342. The number of nitrogens with one attached hydrogen (secondary N) is 1. The predicted octanol–water partition coefficient (Wildman–Crippen LogP) is 0.982. The van der Waals surface area contributed by atoms with Crippen LogP contribution < -0.4 is 11.1 Å². The topological polar surface area (TPSA) is 73.1 Å². The number of nitrogens with zero attached hydrogens (tertiary/aromatic N) is 2. The summed E-state index contributed by atoms with van der Waals surface area (Å²) >= 11 is 1.48. The minimum Gasteiger partial charge on any atom is -0.383 e. The van der Waals surface area contributed by atoms with Crippen LogP contribution in [0.25, 0.3) is 0 Å². The number of thioether (sulfide) groups is 1. The molecule has 15 heavy (non-hydrogen) atoms. The molecule has 3 N–H and O–H groups in total. The van der Waals surface area contributed by atoms with Gasteiger partial charge in [0.15, 0.2) is 5.16 Å². The number of rotatable bonds is 3. The molecule has 1 aliphatic rings. The van der Waals surface area contributed by atoms with Crippen LogP contribution in [-0.4, -0.2) is 35.5 Å². The highest BCUT2D eigenvalue weighted by Crippen LogP contribution is 2.17. The molecule has 0 spiro atoms. The van der Waals surface area contributed by atoms with Crippen molar-refractivity contribution in [1.82, 2.24) is 9.97 Å². The second kappa shape index (κ2) is 4.67. The smallest absolute Gasteiger partial charge is 0.191 e. The van der Waals surface area contributed by atoms with E-state index >= 15 is 0 Å². The van der Waals surface area contributed by atoms with E-state index in [1.54, 1.807) is 6.07 Å². The molecule has 1 aromatic rings. The van der Waals surface area contributed by atoms with E-state index in [9.17, 15) is 0 Å². The lowest BCUT2D eigenvalue weighted by Gasteiger charge is -2.11. The van der Waals surface area contributed by atoms with Crippen molar-refractivity contribution in [2.75, 3.05) is 30.5 Å². The minimum atomic E-state index is 0.342. The maximum Gasteiger partial charge on any atom is 0.191 e. The third-order valence-corrected chi connectivity index (χ3v) is 2.74. The molecule has 0 radical (unpaired) electrons. The molecule has 1 fully saturated rings. The Morgan fingerprint density at radius 2 is 2.47 bits per heavy atom. The van der Waals surface area contributed by atoms with Gasteiger partial charge in [0.1, 0.15) is 11.6 Å². The van der Waals surface area contributed by atoms with Crippen LogP contribution in [0, 0.1) is 0 Å². The van der Waals surface area contributed by atoms with Gasteiger partial charge in [0.2, 0.25) is 0 Å². The second-order valence-electron chi connectivity index (χ2n) is 3.37. The first-order valence-corrected chi connectivity index (χ1v) is 6.03.